The predicted molar refractivity (Wildman–Crippen MR) is 88.6 cm³/mol. The van der Waals surface area contributed by atoms with Gasteiger partial charge in [-0.05, 0) is 25.0 Å². The minimum absolute atomic E-state index is 0.363. The van der Waals surface area contributed by atoms with Crippen molar-refractivity contribution in [3.05, 3.63) is 42.5 Å². The molecule has 1 aliphatic heterocycles. The molecule has 0 aromatic heterocycles. The monoisotopic (exact) mass is 306 g/mol. The summed E-state index contributed by atoms with van der Waals surface area (Å²) in [5.41, 5.74) is 1.12. The summed E-state index contributed by atoms with van der Waals surface area (Å²) >= 11 is 0. The molecule has 0 unspecified atom stereocenters. The summed E-state index contributed by atoms with van der Waals surface area (Å²) in [5.74, 6) is 0.858. The number of likely N-dealkylation sites (N-methyl/N-ethyl adjacent to an activating group) is 1. The van der Waals surface area contributed by atoms with Crippen LogP contribution in [0, 0.1) is 0 Å². The van der Waals surface area contributed by atoms with E-state index in [2.05, 4.69) is 13.5 Å². The molecule has 1 heterocycles. The Balaban J connectivity index is 1.76. The van der Waals surface area contributed by atoms with Crippen molar-refractivity contribution in [2.45, 2.75) is 19.4 Å². The number of quaternary nitrogens is 2. The van der Waals surface area contributed by atoms with Crippen molar-refractivity contribution in [2.75, 3.05) is 45.9 Å². The quantitative estimate of drug-likeness (QED) is 0.537. The second-order valence-corrected chi connectivity index (χ2v) is 6.12. The highest BCUT2D eigenvalue weighted by molar-refractivity contribution is 5.34. The van der Waals surface area contributed by atoms with Crippen molar-refractivity contribution in [1.82, 2.24) is 0 Å². The van der Waals surface area contributed by atoms with Crippen LogP contribution in [-0.4, -0.2) is 57.1 Å². The number of rotatable bonds is 8. The van der Waals surface area contributed by atoms with E-state index < -0.39 is 6.10 Å². The fourth-order valence-corrected chi connectivity index (χ4v) is 3.06. The van der Waals surface area contributed by atoms with Gasteiger partial charge in [0.25, 0.3) is 0 Å². The number of para-hydroxylation sites is 1. The van der Waals surface area contributed by atoms with Gasteiger partial charge in [0.2, 0.25) is 0 Å². The molecule has 0 saturated carbocycles. The molecular weight excluding hydrogens is 276 g/mol. The van der Waals surface area contributed by atoms with E-state index in [1.807, 2.05) is 30.3 Å². The molecule has 0 bridgehead atoms. The lowest BCUT2D eigenvalue weighted by Crippen LogP contribution is -3.28. The van der Waals surface area contributed by atoms with E-state index in [1.54, 1.807) is 4.90 Å². The van der Waals surface area contributed by atoms with Crippen LogP contribution in [0.15, 0.2) is 36.9 Å². The van der Waals surface area contributed by atoms with E-state index in [0.29, 0.717) is 6.61 Å². The summed E-state index contributed by atoms with van der Waals surface area (Å²) in [6.45, 7) is 13.1. The number of allylic oxidation sites excluding steroid dienone is 1. The lowest BCUT2D eigenvalue weighted by molar-refractivity contribution is -1.01. The van der Waals surface area contributed by atoms with Gasteiger partial charge < -0.3 is 19.6 Å². The van der Waals surface area contributed by atoms with Crippen LogP contribution in [-0.2, 0) is 6.42 Å². The van der Waals surface area contributed by atoms with Crippen molar-refractivity contribution in [3.8, 4) is 5.75 Å². The molecule has 2 rings (SSSR count). The van der Waals surface area contributed by atoms with Crippen LogP contribution < -0.4 is 14.5 Å². The molecule has 4 nitrogen and oxygen atoms in total. The molecule has 122 valence electrons. The van der Waals surface area contributed by atoms with Gasteiger partial charge in [0, 0.05) is 0 Å². The summed E-state index contributed by atoms with van der Waals surface area (Å²) in [5, 5.41) is 10.2. The Hall–Kier alpha value is -1.36. The normalized spacial score (nSPS) is 23.0. The van der Waals surface area contributed by atoms with E-state index in [9.17, 15) is 5.11 Å². The van der Waals surface area contributed by atoms with Gasteiger partial charge in [-0.2, -0.15) is 0 Å². The lowest BCUT2D eigenvalue weighted by Gasteiger charge is -2.30. The molecule has 0 aliphatic carbocycles. The van der Waals surface area contributed by atoms with Gasteiger partial charge in [-0.1, -0.05) is 24.3 Å². The van der Waals surface area contributed by atoms with Crippen molar-refractivity contribution in [1.29, 1.82) is 0 Å². The zero-order chi connectivity index (χ0) is 15.8. The average Bonchev–Trinajstić information content (AvgIpc) is 2.55. The third kappa shape index (κ3) is 5.13. The third-order valence-corrected chi connectivity index (χ3v) is 4.46. The van der Waals surface area contributed by atoms with Crippen molar-refractivity contribution in [3.63, 3.8) is 0 Å². The first-order valence-corrected chi connectivity index (χ1v) is 8.39. The first-order chi connectivity index (χ1) is 10.7. The van der Waals surface area contributed by atoms with Gasteiger partial charge in [-0.25, -0.2) is 0 Å². The smallest absolute Gasteiger partial charge is 0.137 e. The predicted octanol–water partition coefficient (Wildman–Crippen LogP) is -1.04. The molecule has 0 radical (unpaired) electrons. The Bertz CT molecular complexity index is 456. The fraction of sp³-hybridized carbons (Fsp3) is 0.556. The lowest BCUT2D eigenvalue weighted by atomic mass is 10.1. The second-order valence-electron chi connectivity index (χ2n) is 6.12. The van der Waals surface area contributed by atoms with Crippen molar-refractivity contribution < 1.29 is 19.6 Å². The molecule has 3 N–H and O–H groups in total. The minimum atomic E-state index is -0.407. The molecule has 1 saturated heterocycles. The van der Waals surface area contributed by atoms with Gasteiger partial charge >= 0.3 is 0 Å². The molecule has 1 atom stereocenters. The van der Waals surface area contributed by atoms with Crippen LogP contribution in [0.25, 0.3) is 0 Å². The van der Waals surface area contributed by atoms with Gasteiger partial charge in [-0.15, -0.1) is 6.58 Å². The Morgan fingerprint density at radius 1 is 1.23 bits per heavy atom. The Morgan fingerprint density at radius 3 is 2.59 bits per heavy atom. The molecule has 1 aliphatic rings. The van der Waals surface area contributed by atoms with Crippen molar-refractivity contribution in [2.24, 2.45) is 0 Å². The van der Waals surface area contributed by atoms with Crippen LogP contribution in [0.3, 0.4) is 0 Å². The Morgan fingerprint density at radius 2 is 1.91 bits per heavy atom. The summed E-state index contributed by atoms with van der Waals surface area (Å²) in [6.07, 6.45) is 2.26. The van der Waals surface area contributed by atoms with E-state index >= 15 is 0 Å². The highest BCUT2D eigenvalue weighted by atomic mass is 16.5. The molecule has 0 spiro atoms. The van der Waals surface area contributed by atoms with Gasteiger partial charge in [0.1, 0.15) is 51.2 Å². The fourth-order valence-electron chi connectivity index (χ4n) is 3.06. The largest absolute Gasteiger partial charge is 0.490 e. The SMILES string of the molecule is C=CCc1ccccc1OC[C@@H](O)C[NH+]1CC[NH+](CC)CC1. The van der Waals surface area contributed by atoms with Crippen LogP contribution in [0.4, 0.5) is 0 Å². The van der Waals surface area contributed by atoms with Gasteiger partial charge in [0.15, 0.2) is 0 Å². The van der Waals surface area contributed by atoms with Crippen LogP contribution in [0.2, 0.25) is 0 Å². The number of hydrogen-bond acceptors (Lipinski definition) is 2. The maximum absolute atomic E-state index is 10.2. The summed E-state index contributed by atoms with van der Waals surface area (Å²) < 4.78 is 5.82. The van der Waals surface area contributed by atoms with E-state index in [-0.39, 0.29) is 0 Å². The molecule has 22 heavy (non-hydrogen) atoms. The first-order valence-electron chi connectivity index (χ1n) is 8.39. The molecule has 0 amide bonds. The van der Waals surface area contributed by atoms with E-state index in [0.717, 1.165) is 37.4 Å². The van der Waals surface area contributed by atoms with Gasteiger partial charge in [0.05, 0.1) is 6.54 Å². The van der Waals surface area contributed by atoms with Crippen LogP contribution in [0.1, 0.15) is 12.5 Å². The number of aliphatic hydroxyl groups excluding tert-OH is 1. The van der Waals surface area contributed by atoms with Crippen LogP contribution >= 0.6 is 0 Å². The second kappa shape index (κ2) is 8.93. The minimum Gasteiger partial charge on any atom is -0.490 e. The number of aliphatic hydroxyl groups is 1. The zero-order valence-electron chi connectivity index (χ0n) is 13.7. The highest BCUT2D eigenvalue weighted by Crippen LogP contribution is 2.18. The number of benzene rings is 1. The zero-order valence-corrected chi connectivity index (χ0v) is 13.7. The van der Waals surface area contributed by atoms with E-state index in [4.69, 9.17) is 4.74 Å². The maximum atomic E-state index is 10.2. The number of nitrogens with one attached hydrogen (secondary N) is 2. The van der Waals surface area contributed by atoms with Crippen molar-refractivity contribution >= 4 is 0 Å². The molecule has 4 heteroatoms. The van der Waals surface area contributed by atoms with Gasteiger partial charge in [-0.3, -0.25) is 0 Å². The Kier molecular flexibility index (Phi) is 6.90. The highest BCUT2D eigenvalue weighted by Gasteiger charge is 2.24. The number of piperazine rings is 1. The molecular formula is C18H30N2O2+2. The molecule has 1 fully saturated rings. The summed E-state index contributed by atoms with van der Waals surface area (Å²) in [4.78, 5) is 3.17. The van der Waals surface area contributed by atoms with E-state index in [1.165, 1.54) is 24.5 Å². The maximum Gasteiger partial charge on any atom is 0.137 e. The average molecular weight is 306 g/mol. The standard InChI is InChI=1S/C18H28N2O2/c1-3-7-16-8-5-6-9-18(16)22-15-17(21)14-20-12-10-19(4-2)11-13-20/h3,5-6,8-9,17,21H,1,4,7,10-15H2,2H3/p+2/t17-/m0/s1. The summed E-state index contributed by atoms with van der Waals surface area (Å²) in [7, 11) is 0. The number of hydrogen-bond donors (Lipinski definition) is 3. The molecule has 1 aromatic rings. The first kappa shape index (κ1) is 17.0. The molecule has 1 aromatic carbocycles. The summed E-state index contributed by atoms with van der Waals surface area (Å²) in [6, 6.07) is 7.97. The van der Waals surface area contributed by atoms with Crippen LogP contribution in [0.5, 0.6) is 5.75 Å². The number of ether oxygens (including phenoxy) is 1. The topological polar surface area (TPSA) is 38.3 Å². The third-order valence-electron chi connectivity index (χ3n) is 4.46. The Labute approximate surface area is 134 Å².